The van der Waals surface area contributed by atoms with Crippen LogP contribution in [0.2, 0.25) is 5.02 Å². The van der Waals surface area contributed by atoms with Gasteiger partial charge in [-0.25, -0.2) is 4.98 Å². The molecule has 1 aromatic carbocycles. The van der Waals surface area contributed by atoms with Crippen molar-refractivity contribution in [2.24, 2.45) is 0 Å². The van der Waals surface area contributed by atoms with E-state index in [0.29, 0.717) is 16.3 Å². The normalized spacial score (nSPS) is 10.2. The Morgan fingerprint density at radius 2 is 2.07 bits per heavy atom. The van der Waals surface area contributed by atoms with Gasteiger partial charge in [-0.1, -0.05) is 23.4 Å². The summed E-state index contributed by atoms with van der Waals surface area (Å²) in [4.78, 5) is 35.1. The molecule has 2 aromatic heterocycles. The van der Waals surface area contributed by atoms with E-state index in [1.807, 2.05) is 6.07 Å². The van der Waals surface area contributed by atoms with Gasteiger partial charge >= 0.3 is 0 Å². The molecule has 134 valence electrons. The van der Waals surface area contributed by atoms with Gasteiger partial charge in [0, 0.05) is 28.7 Å². The predicted octanol–water partition coefficient (Wildman–Crippen LogP) is 3.09. The first-order valence-electron chi connectivity index (χ1n) is 7.70. The van der Waals surface area contributed by atoms with Crippen molar-refractivity contribution in [3.8, 4) is 17.3 Å². The number of carbonyl (C=O) groups is 1. The molecule has 9 heteroatoms. The van der Waals surface area contributed by atoms with Crippen molar-refractivity contribution in [3.63, 3.8) is 0 Å². The summed E-state index contributed by atoms with van der Waals surface area (Å²) in [7, 11) is 0. The van der Waals surface area contributed by atoms with Gasteiger partial charge in [0.05, 0.1) is 11.4 Å². The van der Waals surface area contributed by atoms with Gasteiger partial charge in [0.1, 0.15) is 11.6 Å². The number of pyridine rings is 1. The van der Waals surface area contributed by atoms with Gasteiger partial charge < -0.3 is 10.3 Å². The van der Waals surface area contributed by atoms with E-state index in [1.54, 1.807) is 42.6 Å². The molecule has 0 saturated heterocycles. The number of nitrogens with one attached hydrogen (secondary N) is 2. The lowest BCUT2D eigenvalue weighted by atomic mass is 10.1. The molecule has 0 fully saturated rings. The van der Waals surface area contributed by atoms with Crippen LogP contribution in [-0.2, 0) is 4.79 Å². The highest BCUT2D eigenvalue weighted by Gasteiger charge is 2.14. The Bertz CT molecular complexity index is 1060. The van der Waals surface area contributed by atoms with Gasteiger partial charge in [-0.3, -0.25) is 14.6 Å². The molecule has 1 amide bonds. The number of carbonyl (C=O) groups excluding carboxylic acids is 1. The summed E-state index contributed by atoms with van der Waals surface area (Å²) in [5.74, 6) is -0.235. The van der Waals surface area contributed by atoms with Gasteiger partial charge in [0.15, 0.2) is 5.16 Å². The number of nitrogens with zero attached hydrogens (tertiary/aromatic N) is 3. The smallest absolute Gasteiger partial charge is 0.270 e. The highest BCUT2D eigenvalue weighted by Crippen LogP contribution is 2.21. The zero-order chi connectivity index (χ0) is 19.2. The van der Waals surface area contributed by atoms with Crippen LogP contribution in [0, 0.1) is 11.3 Å². The average molecular weight is 398 g/mol. The van der Waals surface area contributed by atoms with Gasteiger partial charge in [-0.05, 0) is 36.4 Å². The average Bonchev–Trinajstić information content (AvgIpc) is 2.68. The number of halogens is 1. The summed E-state index contributed by atoms with van der Waals surface area (Å²) in [6.07, 6.45) is 3.10. The van der Waals surface area contributed by atoms with E-state index in [4.69, 9.17) is 11.6 Å². The van der Waals surface area contributed by atoms with Crippen LogP contribution < -0.4 is 10.9 Å². The molecular formula is C18H12ClN5O2S. The first-order valence-corrected chi connectivity index (χ1v) is 9.06. The minimum absolute atomic E-state index is 0.0317. The van der Waals surface area contributed by atoms with Crippen molar-refractivity contribution in [2.75, 3.05) is 11.1 Å². The molecule has 0 radical (unpaired) electrons. The Morgan fingerprint density at radius 3 is 2.74 bits per heavy atom. The number of aromatic amines is 1. The monoisotopic (exact) mass is 397 g/mol. The maximum absolute atomic E-state index is 12.2. The van der Waals surface area contributed by atoms with Crippen molar-refractivity contribution in [1.82, 2.24) is 15.0 Å². The SMILES string of the molecule is N#Cc1c(-c2cccnc2)nc(SCC(=O)Nc2ccc(Cl)cc2)[nH]c1=O. The number of rotatable bonds is 5. The third-order valence-corrected chi connectivity index (χ3v) is 4.54. The van der Waals surface area contributed by atoms with Crippen molar-refractivity contribution in [1.29, 1.82) is 5.26 Å². The second kappa shape index (κ2) is 8.49. The number of anilines is 1. The number of H-pyrrole nitrogens is 1. The van der Waals surface area contributed by atoms with E-state index in [1.165, 1.54) is 6.20 Å². The molecule has 0 aliphatic rings. The van der Waals surface area contributed by atoms with E-state index < -0.39 is 5.56 Å². The molecule has 0 aliphatic carbocycles. The molecule has 0 unspecified atom stereocenters. The number of aromatic nitrogens is 3. The van der Waals surface area contributed by atoms with Crippen LogP contribution in [0.1, 0.15) is 5.56 Å². The highest BCUT2D eigenvalue weighted by atomic mass is 35.5. The molecular weight excluding hydrogens is 386 g/mol. The first-order chi connectivity index (χ1) is 13.1. The summed E-state index contributed by atoms with van der Waals surface area (Å²) in [5.41, 5.74) is 0.731. The van der Waals surface area contributed by atoms with E-state index in [0.717, 1.165) is 11.8 Å². The Hall–Kier alpha value is -3.15. The van der Waals surface area contributed by atoms with Crippen LogP contribution in [-0.4, -0.2) is 26.6 Å². The zero-order valence-corrected chi connectivity index (χ0v) is 15.3. The Balaban J connectivity index is 1.76. The lowest BCUT2D eigenvalue weighted by Crippen LogP contribution is -2.17. The van der Waals surface area contributed by atoms with Crippen LogP contribution in [0.25, 0.3) is 11.3 Å². The molecule has 0 bridgehead atoms. The number of hydrogen-bond donors (Lipinski definition) is 2. The summed E-state index contributed by atoms with van der Waals surface area (Å²) in [6.45, 7) is 0. The van der Waals surface area contributed by atoms with Crippen LogP contribution in [0.3, 0.4) is 0 Å². The van der Waals surface area contributed by atoms with E-state index >= 15 is 0 Å². The molecule has 0 aliphatic heterocycles. The molecule has 0 atom stereocenters. The van der Waals surface area contributed by atoms with Gasteiger partial charge in [-0.2, -0.15) is 5.26 Å². The third-order valence-electron chi connectivity index (χ3n) is 3.41. The van der Waals surface area contributed by atoms with Crippen LogP contribution in [0.4, 0.5) is 5.69 Å². The minimum atomic E-state index is -0.563. The number of amides is 1. The van der Waals surface area contributed by atoms with Crippen molar-refractivity contribution >= 4 is 35.0 Å². The molecule has 27 heavy (non-hydrogen) atoms. The van der Waals surface area contributed by atoms with E-state index in [-0.39, 0.29) is 28.1 Å². The van der Waals surface area contributed by atoms with Gasteiger partial charge in [0.25, 0.3) is 5.56 Å². The predicted molar refractivity (Wildman–Crippen MR) is 104 cm³/mol. The maximum Gasteiger partial charge on any atom is 0.270 e. The van der Waals surface area contributed by atoms with Crippen molar-refractivity contribution in [2.45, 2.75) is 5.16 Å². The fourth-order valence-electron chi connectivity index (χ4n) is 2.20. The largest absolute Gasteiger partial charge is 0.325 e. The highest BCUT2D eigenvalue weighted by molar-refractivity contribution is 7.99. The number of benzene rings is 1. The summed E-state index contributed by atoms with van der Waals surface area (Å²) < 4.78 is 0. The summed E-state index contributed by atoms with van der Waals surface area (Å²) in [5, 5.41) is 12.8. The number of nitriles is 1. The molecule has 7 nitrogen and oxygen atoms in total. The van der Waals surface area contributed by atoms with Crippen LogP contribution in [0.15, 0.2) is 58.7 Å². The summed E-state index contributed by atoms with van der Waals surface area (Å²) >= 11 is 6.87. The fourth-order valence-corrected chi connectivity index (χ4v) is 2.99. The number of thioether (sulfide) groups is 1. The molecule has 2 heterocycles. The van der Waals surface area contributed by atoms with E-state index in [2.05, 4.69) is 20.3 Å². The fraction of sp³-hybridized carbons (Fsp3) is 0.0556. The van der Waals surface area contributed by atoms with E-state index in [9.17, 15) is 14.9 Å². The zero-order valence-electron chi connectivity index (χ0n) is 13.8. The number of hydrogen-bond acceptors (Lipinski definition) is 6. The topological polar surface area (TPSA) is 112 Å². The van der Waals surface area contributed by atoms with Gasteiger partial charge in [-0.15, -0.1) is 0 Å². The third kappa shape index (κ3) is 4.73. The lowest BCUT2D eigenvalue weighted by molar-refractivity contribution is -0.113. The molecule has 3 rings (SSSR count). The van der Waals surface area contributed by atoms with Crippen LogP contribution >= 0.6 is 23.4 Å². The summed E-state index contributed by atoms with van der Waals surface area (Å²) in [6, 6.07) is 12.0. The Labute approximate surface area is 163 Å². The van der Waals surface area contributed by atoms with Gasteiger partial charge in [0.2, 0.25) is 5.91 Å². The Morgan fingerprint density at radius 1 is 1.30 bits per heavy atom. The molecule has 0 saturated carbocycles. The van der Waals surface area contributed by atoms with Crippen LogP contribution in [0.5, 0.6) is 0 Å². The lowest BCUT2D eigenvalue weighted by Gasteiger charge is -2.07. The molecule has 3 aromatic rings. The second-order valence-corrected chi connectivity index (χ2v) is 6.69. The molecule has 2 N–H and O–H groups in total. The standard InChI is InChI=1S/C18H12ClN5O2S/c19-12-3-5-13(6-4-12)22-15(25)10-27-18-23-16(11-2-1-7-21-9-11)14(8-20)17(26)24-18/h1-7,9H,10H2,(H,22,25)(H,23,24,26). The quantitative estimate of drug-likeness (QED) is 0.505. The minimum Gasteiger partial charge on any atom is -0.325 e. The van der Waals surface area contributed by atoms with Crippen molar-refractivity contribution < 1.29 is 4.79 Å². The maximum atomic E-state index is 12.2. The van der Waals surface area contributed by atoms with Crippen molar-refractivity contribution in [3.05, 3.63) is 69.7 Å². The first kappa shape index (κ1) is 18.6. The second-order valence-electron chi connectivity index (χ2n) is 5.29. The molecule has 0 spiro atoms. The Kier molecular flexibility index (Phi) is 5.86.